The van der Waals surface area contributed by atoms with Gasteiger partial charge in [-0.05, 0) is 51.5 Å². The third-order valence-corrected chi connectivity index (χ3v) is 4.55. The zero-order chi connectivity index (χ0) is 18.8. The van der Waals surface area contributed by atoms with Gasteiger partial charge in [-0.2, -0.15) is 10.2 Å². The average molecular weight is 372 g/mol. The van der Waals surface area contributed by atoms with Crippen LogP contribution in [-0.4, -0.2) is 25.5 Å². The SMILES string of the molecule is Cc1cc(C)n(C(C)C(=O)Nc2c(C)cnn2Cc2ccc(Cl)cc2)n1. The first-order chi connectivity index (χ1) is 12.3. The average Bonchev–Trinajstić information content (AvgIpc) is 3.11. The maximum atomic E-state index is 12.7. The smallest absolute Gasteiger partial charge is 0.250 e. The predicted molar refractivity (Wildman–Crippen MR) is 103 cm³/mol. The summed E-state index contributed by atoms with van der Waals surface area (Å²) in [7, 11) is 0. The van der Waals surface area contributed by atoms with Crippen molar-refractivity contribution in [2.75, 3.05) is 5.32 Å². The molecule has 2 aromatic heterocycles. The molecule has 1 N–H and O–H groups in total. The predicted octanol–water partition coefficient (Wildman–Crippen LogP) is 3.91. The van der Waals surface area contributed by atoms with Crippen molar-refractivity contribution in [3.05, 3.63) is 64.1 Å². The molecular weight excluding hydrogens is 350 g/mol. The summed E-state index contributed by atoms with van der Waals surface area (Å²) >= 11 is 5.94. The Bertz CT molecular complexity index is 926. The second-order valence-electron chi connectivity index (χ2n) is 6.50. The number of halogens is 1. The zero-order valence-electron chi connectivity index (χ0n) is 15.3. The van der Waals surface area contributed by atoms with Gasteiger partial charge in [0.15, 0.2) is 0 Å². The molecule has 0 spiro atoms. The van der Waals surface area contributed by atoms with Crippen LogP contribution in [0.25, 0.3) is 0 Å². The van der Waals surface area contributed by atoms with Crippen LogP contribution in [-0.2, 0) is 11.3 Å². The second-order valence-corrected chi connectivity index (χ2v) is 6.93. The Morgan fingerprint density at radius 3 is 2.54 bits per heavy atom. The lowest BCUT2D eigenvalue weighted by molar-refractivity contribution is -0.119. The summed E-state index contributed by atoms with van der Waals surface area (Å²) in [5.41, 5.74) is 3.81. The Hall–Kier alpha value is -2.60. The topological polar surface area (TPSA) is 64.7 Å². The molecule has 136 valence electrons. The lowest BCUT2D eigenvalue weighted by atomic mass is 10.2. The Balaban J connectivity index is 1.79. The molecule has 0 aliphatic rings. The minimum Gasteiger partial charge on any atom is -0.309 e. The van der Waals surface area contributed by atoms with Gasteiger partial charge in [-0.15, -0.1) is 0 Å². The van der Waals surface area contributed by atoms with Crippen molar-refractivity contribution in [2.24, 2.45) is 0 Å². The van der Waals surface area contributed by atoms with E-state index >= 15 is 0 Å². The number of carbonyl (C=O) groups excluding carboxylic acids is 1. The Kier molecular flexibility index (Phi) is 5.13. The molecule has 2 heterocycles. The Morgan fingerprint density at radius 2 is 1.92 bits per heavy atom. The third-order valence-electron chi connectivity index (χ3n) is 4.30. The molecule has 0 aliphatic carbocycles. The molecule has 0 radical (unpaired) electrons. The van der Waals surface area contributed by atoms with Crippen molar-refractivity contribution < 1.29 is 4.79 Å². The van der Waals surface area contributed by atoms with Crippen LogP contribution < -0.4 is 5.32 Å². The molecule has 1 aromatic carbocycles. The molecule has 0 saturated heterocycles. The molecule has 0 aliphatic heterocycles. The number of aryl methyl sites for hydroxylation is 3. The van der Waals surface area contributed by atoms with Crippen LogP contribution >= 0.6 is 11.6 Å². The lowest BCUT2D eigenvalue weighted by Crippen LogP contribution is -2.27. The van der Waals surface area contributed by atoms with Gasteiger partial charge < -0.3 is 5.32 Å². The van der Waals surface area contributed by atoms with Gasteiger partial charge in [-0.3, -0.25) is 9.48 Å². The van der Waals surface area contributed by atoms with E-state index in [1.54, 1.807) is 15.6 Å². The molecule has 7 heteroatoms. The summed E-state index contributed by atoms with van der Waals surface area (Å²) in [5, 5.41) is 12.5. The van der Waals surface area contributed by atoms with Crippen LogP contribution in [0.4, 0.5) is 5.82 Å². The van der Waals surface area contributed by atoms with E-state index in [0.29, 0.717) is 17.4 Å². The van der Waals surface area contributed by atoms with Gasteiger partial charge in [0.1, 0.15) is 11.9 Å². The van der Waals surface area contributed by atoms with Crippen LogP contribution in [0.1, 0.15) is 35.5 Å². The van der Waals surface area contributed by atoms with Crippen LogP contribution in [0.5, 0.6) is 0 Å². The summed E-state index contributed by atoms with van der Waals surface area (Å²) in [5.74, 6) is 0.565. The molecule has 6 nitrogen and oxygen atoms in total. The lowest BCUT2D eigenvalue weighted by Gasteiger charge is -2.16. The molecule has 1 unspecified atom stereocenters. The fraction of sp³-hybridized carbons (Fsp3) is 0.316. The Morgan fingerprint density at radius 1 is 1.23 bits per heavy atom. The number of benzene rings is 1. The largest absolute Gasteiger partial charge is 0.309 e. The first-order valence-electron chi connectivity index (χ1n) is 8.45. The van der Waals surface area contributed by atoms with Crippen LogP contribution in [0, 0.1) is 20.8 Å². The van der Waals surface area contributed by atoms with Crippen molar-refractivity contribution in [2.45, 2.75) is 40.3 Å². The summed E-state index contributed by atoms with van der Waals surface area (Å²) in [6.07, 6.45) is 1.75. The maximum absolute atomic E-state index is 12.7. The second kappa shape index (κ2) is 7.33. The normalized spacial score (nSPS) is 12.2. The molecule has 26 heavy (non-hydrogen) atoms. The Labute approximate surface area is 157 Å². The standard InChI is InChI=1S/C19H22ClN5O/c1-12-10-21-24(11-16-5-7-17(20)8-6-16)18(12)22-19(26)15(4)25-14(3)9-13(2)23-25/h5-10,15H,11H2,1-4H3,(H,22,26). The maximum Gasteiger partial charge on any atom is 0.250 e. The van der Waals surface area contributed by atoms with Crippen molar-refractivity contribution in [1.82, 2.24) is 19.6 Å². The van der Waals surface area contributed by atoms with E-state index in [0.717, 1.165) is 22.5 Å². The van der Waals surface area contributed by atoms with Gasteiger partial charge >= 0.3 is 0 Å². The number of hydrogen-bond donors (Lipinski definition) is 1. The van der Waals surface area contributed by atoms with Gasteiger partial charge in [0.05, 0.1) is 18.4 Å². The molecule has 3 aromatic rings. The summed E-state index contributed by atoms with van der Waals surface area (Å²) in [4.78, 5) is 12.7. The van der Waals surface area contributed by atoms with Crippen molar-refractivity contribution in [1.29, 1.82) is 0 Å². The van der Waals surface area contributed by atoms with E-state index < -0.39 is 6.04 Å². The van der Waals surface area contributed by atoms with Crippen molar-refractivity contribution in [3.63, 3.8) is 0 Å². The van der Waals surface area contributed by atoms with E-state index in [1.165, 1.54) is 0 Å². The number of nitrogens with one attached hydrogen (secondary N) is 1. The molecule has 1 amide bonds. The van der Waals surface area contributed by atoms with Crippen molar-refractivity contribution >= 4 is 23.3 Å². The molecule has 1 atom stereocenters. The molecular formula is C19H22ClN5O. The summed E-state index contributed by atoms with van der Waals surface area (Å²) in [6, 6.07) is 9.13. The van der Waals surface area contributed by atoms with Gasteiger partial charge in [-0.25, -0.2) is 4.68 Å². The van der Waals surface area contributed by atoms with Crippen LogP contribution in [0.2, 0.25) is 5.02 Å². The molecule has 0 fully saturated rings. The van der Waals surface area contributed by atoms with Crippen LogP contribution in [0.3, 0.4) is 0 Å². The van der Waals surface area contributed by atoms with E-state index in [4.69, 9.17) is 11.6 Å². The number of anilines is 1. The highest BCUT2D eigenvalue weighted by Crippen LogP contribution is 2.19. The van der Waals surface area contributed by atoms with Gasteiger partial charge in [0, 0.05) is 16.3 Å². The number of carbonyl (C=O) groups is 1. The first-order valence-corrected chi connectivity index (χ1v) is 8.83. The molecule has 0 bridgehead atoms. The van der Waals surface area contributed by atoms with E-state index in [9.17, 15) is 4.79 Å². The summed E-state index contributed by atoms with van der Waals surface area (Å²) in [6.45, 7) is 8.17. The highest BCUT2D eigenvalue weighted by atomic mass is 35.5. The zero-order valence-corrected chi connectivity index (χ0v) is 16.1. The molecule has 0 saturated carbocycles. The van der Waals surface area contributed by atoms with Gasteiger partial charge in [0.25, 0.3) is 0 Å². The van der Waals surface area contributed by atoms with E-state index in [1.807, 2.05) is 58.0 Å². The number of nitrogens with zero attached hydrogens (tertiary/aromatic N) is 4. The monoisotopic (exact) mass is 371 g/mol. The highest BCUT2D eigenvalue weighted by Gasteiger charge is 2.20. The number of rotatable bonds is 5. The highest BCUT2D eigenvalue weighted by molar-refractivity contribution is 6.30. The van der Waals surface area contributed by atoms with Gasteiger partial charge in [-0.1, -0.05) is 23.7 Å². The third kappa shape index (κ3) is 3.80. The van der Waals surface area contributed by atoms with Crippen molar-refractivity contribution in [3.8, 4) is 0 Å². The summed E-state index contributed by atoms with van der Waals surface area (Å²) < 4.78 is 3.52. The fourth-order valence-corrected chi connectivity index (χ4v) is 3.02. The minimum atomic E-state index is -0.415. The van der Waals surface area contributed by atoms with E-state index in [2.05, 4.69) is 15.5 Å². The number of hydrogen-bond acceptors (Lipinski definition) is 3. The number of aromatic nitrogens is 4. The van der Waals surface area contributed by atoms with E-state index in [-0.39, 0.29) is 5.91 Å². The van der Waals surface area contributed by atoms with Crippen LogP contribution in [0.15, 0.2) is 36.5 Å². The van der Waals surface area contributed by atoms with Gasteiger partial charge in [0.2, 0.25) is 5.91 Å². The number of amides is 1. The molecule has 3 rings (SSSR count). The fourth-order valence-electron chi connectivity index (χ4n) is 2.89. The first kappa shape index (κ1) is 18.2. The minimum absolute atomic E-state index is 0.128. The quantitative estimate of drug-likeness (QED) is 0.739.